The van der Waals surface area contributed by atoms with Gasteiger partial charge in [0, 0.05) is 50.2 Å². The molecule has 0 saturated carbocycles. The van der Waals surface area contributed by atoms with Gasteiger partial charge in [0.2, 0.25) is 11.8 Å². The van der Waals surface area contributed by atoms with Crippen molar-refractivity contribution in [2.75, 3.05) is 23.7 Å². The van der Waals surface area contributed by atoms with Gasteiger partial charge in [-0.15, -0.1) is 0 Å². The first-order valence-corrected chi connectivity index (χ1v) is 8.97. The van der Waals surface area contributed by atoms with E-state index in [9.17, 15) is 28.8 Å². The van der Waals surface area contributed by atoms with Crippen LogP contribution in [-0.4, -0.2) is 63.3 Å². The second kappa shape index (κ2) is 8.90. The van der Waals surface area contributed by atoms with Gasteiger partial charge in [0.15, 0.2) is 0 Å². The summed E-state index contributed by atoms with van der Waals surface area (Å²) < 4.78 is 0. The molecule has 2 aliphatic rings. The number of carbonyl (C=O) groups excluding carboxylic acids is 6. The monoisotopic (exact) mass is 411 g/mol. The van der Waals surface area contributed by atoms with Crippen LogP contribution < -0.4 is 10.6 Å². The largest absolute Gasteiger partial charge is 0.311 e. The third-order valence-corrected chi connectivity index (χ3v) is 4.21. The van der Waals surface area contributed by atoms with Crippen LogP contribution in [-0.2, 0) is 28.8 Å². The molecule has 3 rings (SSSR count). The molecule has 1 aromatic rings. The van der Waals surface area contributed by atoms with E-state index in [-0.39, 0.29) is 37.6 Å². The summed E-state index contributed by atoms with van der Waals surface area (Å²) in [7, 11) is 0. The molecule has 11 heteroatoms. The van der Waals surface area contributed by atoms with E-state index < -0.39 is 35.4 Å². The van der Waals surface area contributed by atoms with Crippen molar-refractivity contribution in [2.24, 2.45) is 0 Å². The zero-order valence-corrected chi connectivity index (χ0v) is 15.7. The fourth-order valence-corrected chi connectivity index (χ4v) is 2.71. The molecule has 6 amide bonds. The van der Waals surface area contributed by atoms with Crippen LogP contribution in [0, 0.1) is 0 Å². The Hall–Kier alpha value is -4.15. The average Bonchev–Trinajstić information content (AvgIpc) is 3.19. The van der Waals surface area contributed by atoms with Crippen molar-refractivity contribution in [1.82, 2.24) is 14.8 Å². The second-order valence-corrected chi connectivity index (χ2v) is 6.33. The number of amides is 6. The molecule has 0 aliphatic carbocycles. The van der Waals surface area contributed by atoms with E-state index in [1.807, 2.05) is 0 Å². The highest BCUT2D eigenvalue weighted by atomic mass is 16.2. The highest BCUT2D eigenvalue weighted by Crippen LogP contribution is 2.11. The van der Waals surface area contributed by atoms with Crippen molar-refractivity contribution in [2.45, 2.75) is 12.8 Å². The molecule has 0 unspecified atom stereocenters. The van der Waals surface area contributed by atoms with Crippen molar-refractivity contribution in [1.29, 1.82) is 0 Å². The summed E-state index contributed by atoms with van der Waals surface area (Å²) in [5, 5.41) is 5.04. The Labute approximate surface area is 170 Å². The van der Waals surface area contributed by atoms with Crippen LogP contribution >= 0.6 is 0 Å². The van der Waals surface area contributed by atoms with Gasteiger partial charge in [-0.05, 0) is 12.1 Å². The van der Waals surface area contributed by atoms with Crippen LogP contribution in [0.1, 0.15) is 12.8 Å². The lowest BCUT2D eigenvalue weighted by molar-refractivity contribution is -0.138. The Morgan fingerprint density at radius 1 is 0.700 bits per heavy atom. The maximum Gasteiger partial charge on any atom is 0.253 e. The lowest BCUT2D eigenvalue weighted by Crippen LogP contribution is -2.33. The molecule has 0 atom stereocenters. The van der Waals surface area contributed by atoms with Gasteiger partial charge in [0.1, 0.15) is 11.6 Å². The Morgan fingerprint density at radius 3 is 1.43 bits per heavy atom. The minimum atomic E-state index is -0.469. The van der Waals surface area contributed by atoms with Crippen LogP contribution in [0.5, 0.6) is 0 Å². The minimum absolute atomic E-state index is 0.0598. The second-order valence-electron chi connectivity index (χ2n) is 6.33. The topological polar surface area (TPSA) is 146 Å². The van der Waals surface area contributed by atoms with Gasteiger partial charge in [-0.1, -0.05) is 6.07 Å². The van der Waals surface area contributed by atoms with Crippen molar-refractivity contribution in [3.63, 3.8) is 0 Å². The molecule has 30 heavy (non-hydrogen) atoms. The van der Waals surface area contributed by atoms with E-state index in [0.717, 1.165) is 34.1 Å². The lowest BCUT2D eigenvalue weighted by atomic mass is 10.3. The standard InChI is InChI=1S/C19H17N5O6/c25-14(8-10-23-16(27)4-5-17(23)28)21-12-2-1-3-13(20-12)22-15(26)9-11-24-18(29)6-7-19(24)30/h1-7H,8-11H2,(H2,20,21,22,25,26). The van der Waals surface area contributed by atoms with E-state index in [2.05, 4.69) is 15.6 Å². The summed E-state index contributed by atoms with van der Waals surface area (Å²) in [5.74, 6) is -2.46. The summed E-state index contributed by atoms with van der Waals surface area (Å²) >= 11 is 0. The first-order chi connectivity index (χ1) is 14.3. The fourth-order valence-electron chi connectivity index (χ4n) is 2.71. The third-order valence-electron chi connectivity index (χ3n) is 4.21. The van der Waals surface area contributed by atoms with Crippen molar-refractivity contribution in [3.05, 3.63) is 42.5 Å². The van der Waals surface area contributed by atoms with E-state index in [0.29, 0.717) is 0 Å². The third kappa shape index (κ3) is 5.01. The van der Waals surface area contributed by atoms with E-state index in [1.54, 1.807) is 6.07 Å². The number of aromatic nitrogens is 1. The summed E-state index contributed by atoms with van der Waals surface area (Å²) in [6.45, 7) is -0.120. The summed E-state index contributed by atoms with van der Waals surface area (Å²) in [6, 6.07) is 4.58. The summed E-state index contributed by atoms with van der Waals surface area (Å²) in [4.78, 5) is 75.9. The van der Waals surface area contributed by atoms with Crippen LogP contribution in [0.3, 0.4) is 0 Å². The molecule has 0 bridgehead atoms. The number of rotatable bonds is 8. The Morgan fingerprint density at radius 2 is 1.07 bits per heavy atom. The van der Waals surface area contributed by atoms with Crippen LogP contribution in [0.4, 0.5) is 11.6 Å². The Bertz CT molecular complexity index is 888. The number of nitrogens with zero attached hydrogens (tertiary/aromatic N) is 3. The summed E-state index contributed by atoms with van der Waals surface area (Å²) in [6.07, 6.45) is 4.34. The average molecular weight is 411 g/mol. The quantitative estimate of drug-likeness (QED) is 0.553. The highest BCUT2D eigenvalue weighted by Gasteiger charge is 2.24. The molecule has 0 radical (unpaired) electrons. The van der Waals surface area contributed by atoms with Gasteiger partial charge in [0.25, 0.3) is 23.6 Å². The van der Waals surface area contributed by atoms with Gasteiger partial charge in [0.05, 0.1) is 0 Å². The SMILES string of the molecule is O=C(CCN1C(=O)C=CC1=O)Nc1cccc(NC(=O)CCN2C(=O)C=CC2=O)n1. The number of hydrogen-bond donors (Lipinski definition) is 2. The molecule has 3 heterocycles. The summed E-state index contributed by atoms with van der Waals surface area (Å²) in [5.41, 5.74) is 0. The molecule has 0 spiro atoms. The minimum Gasteiger partial charge on any atom is -0.311 e. The number of carbonyl (C=O) groups is 6. The van der Waals surface area contributed by atoms with Crippen molar-refractivity contribution < 1.29 is 28.8 Å². The molecule has 0 aromatic carbocycles. The van der Waals surface area contributed by atoms with Crippen molar-refractivity contribution >= 4 is 47.1 Å². The molecular weight excluding hydrogens is 394 g/mol. The molecule has 1 aromatic heterocycles. The maximum absolute atomic E-state index is 12.0. The molecule has 2 N–H and O–H groups in total. The van der Waals surface area contributed by atoms with E-state index >= 15 is 0 Å². The number of anilines is 2. The predicted octanol–water partition coefficient (Wildman–Crippen LogP) is -0.411. The molecule has 11 nitrogen and oxygen atoms in total. The highest BCUT2D eigenvalue weighted by molar-refractivity contribution is 6.13. The molecule has 2 aliphatic heterocycles. The Kier molecular flexibility index (Phi) is 6.11. The van der Waals surface area contributed by atoms with Crippen LogP contribution in [0.2, 0.25) is 0 Å². The predicted molar refractivity (Wildman–Crippen MR) is 102 cm³/mol. The number of nitrogens with one attached hydrogen (secondary N) is 2. The normalized spacial score (nSPS) is 15.3. The molecule has 154 valence electrons. The van der Waals surface area contributed by atoms with Crippen LogP contribution in [0.15, 0.2) is 42.5 Å². The number of imide groups is 2. The van der Waals surface area contributed by atoms with Crippen LogP contribution in [0.25, 0.3) is 0 Å². The number of pyridine rings is 1. The molecule has 0 saturated heterocycles. The number of hydrogen-bond acceptors (Lipinski definition) is 7. The zero-order valence-electron chi connectivity index (χ0n) is 15.7. The maximum atomic E-state index is 12.0. The van der Waals surface area contributed by atoms with Gasteiger partial charge in [-0.3, -0.25) is 38.6 Å². The van der Waals surface area contributed by atoms with Gasteiger partial charge in [-0.2, -0.15) is 0 Å². The van der Waals surface area contributed by atoms with Gasteiger partial charge in [-0.25, -0.2) is 4.98 Å². The first-order valence-electron chi connectivity index (χ1n) is 8.97. The Balaban J connectivity index is 1.47. The zero-order chi connectivity index (χ0) is 21.7. The van der Waals surface area contributed by atoms with Crippen molar-refractivity contribution in [3.8, 4) is 0 Å². The lowest BCUT2D eigenvalue weighted by Gasteiger charge is -2.14. The molecule has 0 fully saturated rings. The first kappa shape index (κ1) is 20.6. The fraction of sp³-hybridized carbons (Fsp3) is 0.211. The van der Waals surface area contributed by atoms with Gasteiger partial charge < -0.3 is 10.6 Å². The van der Waals surface area contributed by atoms with E-state index in [4.69, 9.17) is 0 Å². The van der Waals surface area contributed by atoms with E-state index in [1.165, 1.54) is 12.1 Å². The molecular formula is C19H17N5O6. The van der Waals surface area contributed by atoms with Gasteiger partial charge >= 0.3 is 0 Å². The smallest absolute Gasteiger partial charge is 0.253 e.